The molecule has 0 aromatic heterocycles. The molecule has 0 radical (unpaired) electrons. The topological polar surface area (TPSA) is 29.5 Å². The minimum absolute atomic E-state index is 0.00794. The number of hydrogen-bond donors (Lipinski definition) is 0. The SMILES string of the molecule is COC(=O)[C@@]1(CCCC=C(C)C)CCC[C@H]1CC(=S)N1CCCC1. The summed E-state index contributed by atoms with van der Waals surface area (Å²) in [6, 6.07) is 0. The molecule has 2 atom stereocenters. The first-order valence-electron chi connectivity index (χ1n) is 9.49. The first-order valence-corrected chi connectivity index (χ1v) is 9.90. The molecule has 0 unspecified atom stereocenters. The van der Waals surface area contributed by atoms with Crippen LogP contribution in [-0.2, 0) is 9.53 Å². The summed E-state index contributed by atoms with van der Waals surface area (Å²) in [4.78, 5) is 16.1. The van der Waals surface area contributed by atoms with Crippen LogP contribution in [0.3, 0.4) is 0 Å². The molecule has 0 amide bonds. The number of rotatable bonds is 7. The summed E-state index contributed by atoms with van der Waals surface area (Å²) in [5, 5.41) is 0. The molecule has 0 aromatic rings. The Labute approximate surface area is 152 Å². The van der Waals surface area contributed by atoms with Crippen molar-refractivity contribution in [3.05, 3.63) is 11.6 Å². The van der Waals surface area contributed by atoms with E-state index in [4.69, 9.17) is 17.0 Å². The van der Waals surface area contributed by atoms with E-state index in [1.165, 1.54) is 25.5 Å². The Morgan fingerprint density at radius 2 is 2.00 bits per heavy atom. The van der Waals surface area contributed by atoms with Gasteiger partial charge in [-0.3, -0.25) is 4.79 Å². The second-order valence-corrected chi connectivity index (χ2v) is 8.17. The third-order valence-corrected chi connectivity index (χ3v) is 6.23. The fraction of sp³-hybridized carbons (Fsp3) is 0.800. The van der Waals surface area contributed by atoms with E-state index in [1.807, 2.05) is 0 Å². The second-order valence-electron chi connectivity index (χ2n) is 7.70. The van der Waals surface area contributed by atoms with Crippen LogP contribution in [0.15, 0.2) is 11.6 Å². The number of nitrogens with zero attached hydrogens (tertiary/aromatic N) is 1. The molecule has 1 aliphatic heterocycles. The highest BCUT2D eigenvalue weighted by atomic mass is 32.1. The third kappa shape index (κ3) is 4.59. The largest absolute Gasteiger partial charge is 0.469 e. The lowest BCUT2D eigenvalue weighted by molar-refractivity contribution is -0.155. The Kier molecular flexibility index (Phi) is 7.27. The number of methoxy groups -OCH3 is 1. The van der Waals surface area contributed by atoms with Crippen molar-refractivity contribution in [1.82, 2.24) is 4.90 Å². The van der Waals surface area contributed by atoms with E-state index < -0.39 is 0 Å². The van der Waals surface area contributed by atoms with Crippen molar-refractivity contribution in [2.75, 3.05) is 20.2 Å². The molecule has 2 rings (SSSR count). The second kappa shape index (κ2) is 8.98. The molecule has 0 N–H and O–H groups in total. The van der Waals surface area contributed by atoms with Gasteiger partial charge >= 0.3 is 5.97 Å². The van der Waals surface area contributed by atoms with Crippen molar-refractivity contribution < 1.29 is 9.53 Å². The molecule has 2 fully saturated rings. The highest BCUT2D eigenvalue weighted by molar-refractivity contribution is 7.80. The molecule has 1 aliphatic carbocycles. The number of esters is 1. The fourth-order valence-corrected chi connectivity index (χ4v) is 4.84. The summed E-state index contributed by atoms with van der Waals surface area (Å²) >= 11 is 5.71. The van der Waals surface area contributed by atoms with Crippen molar-refractivity contribution in [2.24, 2.45) is 11.3 Å². The molecular weight excluding hydrogens is 318 g/mol. The van der Waals surface area contributed by atoms with Crippen molar-refractivity contribution in [3.8, 4) is 0 Å². The van der Waals surface area contributed by atoms with Crippen LogP contribution < -0.4 is 0 Å². The standard InChI is InChI=1S/C20H33NO2S/c1-16(2)9-4-5-11-20(19(22)23-3)12-8-10-17(20)15-18(24)21-13-6-7-14-21/h9,17H,4-8,10-15H2,1-3H3/t17-,20-/m0/s1. The van der Waals surface area contributed by atoms with Gasteiger partial charge in [-0.05, 0) is 64.7 Å². The maximum absolute atomic E-state index is 12.7. The van der Waals surface area contributed by atoms with Gasteiger partial charge in [-0.15, -0.1) is 0 Å². The van der Waals surface area contributed by atoms with Gasteiger partial charge in [0.1, 0.15) is 0 Å². The molecule has 24 heavy (non-hydrogen) atoms. The normalized spacial score (nSPS) is 26.5. The molecule has 0 spiro atoms. The summed E-state index contributed by atoms with van der Waals surface area (Å²) in [6.07, 6.45) is 11.8. The van der Waals surface area contributed by atoms with E-state index in [0.29, 0.717) is 5.92 Å². The maximum Gasteiger partial charge on any atom is 0.312 e. The van der Waals surface area contributed by atoms with Gasteiger partial charge in [0.15, 0.2) is 0 Å². The van der Waals surface area contributed by atoms with E-state index in [-0.39, 0.29) is 11.4 Å². The summed E-state index contributed by atoms with van der Waals surface area (Å²) in [5.74, 6) is 0.344. The van der Waals surface area contributed by atoms with Crippen molar-refractivity contribution in [1.29, 1.82) is 0 Å². The van der Waals surface area contributed by atoms with E-state index in [1.54, 1.807) is 0 Å². The zero-order chi connectivity index (χ0) is 17.6. The first-order chi connectivity index (χ1) is 11.5. The number of carbonyl (C=O) groups is 1. The van der Waals surface area contributed by atoms with Crippen LogP contribution in [0.25, 0.3) is 0 Å². The maximum atomic E-state index is 12.7. The molecule has 1 saturated heterocycles. The van der Waals surface area contributed by atoms with Gasteiger partial charge in [-0.1, -0.05) is 30.3 Å². The highest BCUT2D eigenvalue weighted by Gasteiger charge is 2.49. The van der Waals surface area contributed by atoms with Crippen molar-refractivity contribution in [2.45, 2.75) is 71.6 Å². The van der Waals surface area contributed by atoms with Crippen LogP contribution in [0.5, 0.6) is 0 Å². The van der Waals surface area contributed by atoms with Gasteiger partial charge in [0.25, 0.3) is 0 Å². The van der Waals surface area contributed by atoms with Crippen LogP contribution in [0.2, 0.25) is 0 Å². The van der Waals surface area contributed by atoms with E-state index in [0.717, 1.165) is 63.0 Å². The lowest BCUT2D eigenvalue weighted by atomic mass is 9.72. The lowest BCUT2D eigenvalue weighted by Gasteiger charge is -2.34. The number of unbranched alkanes of at least 4 members (excludes halogenated alkanes) is 1. The molecule has 1 heterocycles. The summed E-state index contributed by atoms with van der Waals surface area (Å²) in [7, 11) is 1.54. The Hall–Kier alpha value is -0.900. The number of allylic oxidation sites excluding steroid dienone is 2. The van der Waals surface area contributed by atoms with Gasteiger partial charge in [0.05, 0.1) is 17.5 Å². The van der Waals surface area contributed by atoms with Crippen LogP contribution in [0.1, 0.15) is 71.6 Å². The quantitative estimate of drug-likeness (QED) is 0.282. The molecule has 0 aromatic carbocycles. The van der Waals surface area contributed by atoms with Gasteiger partial charge in [-0.2, -0.15) is 0 Å². The summed E-state index contributed by atoms with van der Waals surface area (Å²) < 4.78 is 5.24. The van der Waals surface area contributed by atoms with Crippen LogP contribution in [-0.4, -0.2) is 36.1 Å². The number of ether oxygens (including phenoxy) is 1. The van der Waals surface area contributed by atoms with E-state index in [9.17, 15) is 4.79 Å². The highest BCUT2D eigenvalue weighted by Crippen LogP contribution is 2.50. The molecular formula is C20H33NO2S. The van der Waals surface area contributed by atoms with Crippen molar-refractivity contribution in [3.63, 3.8) is 0 Å². The number of likely N-dealkylation sites (tertiary alicyclic amines) is 1. The Balaban J connectivity index is 2.04. The average Bonchev–Trinajstić information content (AvgIpc) is 3.21. The molecule has 0 bridgehead atoms. The Bertz CT molecular complexity index is 478. The van der Waals surface area contributed by atoms with Gasteiger partial charge in [-0.25, -0.2) is 0 Å². The Morgan fingerprint density at radius 3 is 2.62 bits per heavy atom. The minimum atomic E-state index is -0.311. The van der Waals surface area contributed by atoms with Crippen LogP contribution in [0, 0.1) is 11.3 Å². The van der Waals surface area contributed by atoms with E-state index in [2.05, 4.69) is 24.8 Å². The zero-order valence-electron chi connectivity index (χ0n) is 15.6. The Morgan fingerprint density at radius 1 is 1.29 bits per heavy atom. The smallest absolute Gasteiger partial charge is 0.312 e. The monoisotopic (exact) mass is 351 g/mol. The van der Waals surface area contributed by atoms with Gasteiger partial charge in [0, 0.05) is 19.5 Å². The predicted molar refractivity (Wildman–Crippen MR) is 103 cm³/mol. The molecule has 3 nitrogen and oxygen atoms in total. The number of hydrogen-bond acceptors (Lipinski definition) is 3. The summed E-state index contributed by atoms with van der Waals surface area (Å²) in [6.45, 7) is 6.45. The van der Waals surface area contributed by atoms with Crippen LogP contribution >= 0.6 is 12.2 Å². The van der Waals surface area contributed by atoms with Gasteiger partial charge in [0.2, 0.25) is 0 Å². The lowest BCUT2D eigenvalue weighted by Crippen LogP contribution is -2.39. The number of carbonyl (C=O) groups excluding carboxylic acids is 1. The third-order valence-electron chi connectivity index (χ3n) is 5.81. The van der Waals surface area contributed by atoms with Gasteiger partial charge < -0.3 is 9.64 Å². The fourth-order valence-electron chi connectivity index (χ4n) is 4.46. The minimum Gasteiger partial charge on any atom is -0.469 e. The summed E-state index contributed by atoms with van der Waals surface area (Å²) in [5.41, 5.74) is 1.04. The van der Waals surface area contributed by atoms with Crippen LogP contribution in [0.4, 0.5) is 0 Å². The molecule has 1 saturated carbocycles. The number of thiocarbonyl (C=S) groups is 1. The molecule has 2 aliphatic rings. The predicted octanol–water partition coefficient (Wildman–Crippen LogP) is 4.90. The van der Waals surface area contributed by atoms with E-state index >= 15 is 0 Å². The first kappa shape index (κ1) is 19.4. The molecule has 136 valence electrons. The average molecular weight is 352 g/mol. The zero-order valence-corrected chi connectivity index (χ0v) is 16.4. The van der Waals surface area contributed by atoms with Crippen molar-refractivity contribution >= 4 is 23.2 Å². The molecule has 4 heteroatoms.